The zero-order valence-electron chi connectivity index (χ0n) is 23.9. The largest absolute Gasteiger partial charge is 0.394 e. The predicted molar refractivity (Wildman–Crippen MR) is 153 cm³/mol. The monoisotopic (exact) mass is 690 g/mol. The summed E-state index contributed by atoms with van der Waals surface area (Å²) in [5.74, 6) is -0.241. The number of nitrogens with zero attached hydrogens (tertiary/aromatic N) is 7. The van der Waals surface area contributed by atoms with Crippen LogP contribution in [0, 0.1) is 0 Å². The third-order valence-corrected chi connectivity index (χ3v) is 10.1. The SMILES string of the molecule is CO[C@H]1[C@H](n2cnc3c(N)ncnc32)OC(C)(COP(=O)(O)[C@@H]2[C@@H](F)[C@@H](CO)O[C@H]2n2cnc3c(=O)[nH]c(N)nc32)[C@H]1O[PH](=O)O. The smallest absolute Gasteiger partial charge is 0.338 e. The van der Waals surface area contributed by atoms with Crippen molar-refractivity contribution in [3.05, 3.63) is 29.3 Å². The van der Waals surface area contributed by atoms with E-state index in [9.17, 15) is 28.8 Å². The number of aromatic nitrogens is 8. The molecule has 0 aromatic carbocycles. The fraction of sp³-hybridized carbons (Fsp3) is 0.545. The molecule has 0 radical (unpaired) electrons. The first-order valence-corrected chi connectivity index (χ1v) is 16.3. The number of ether oxygens (including phenoxy) is 3. The van der Waals surface area contributed by atoms with Crippen molar-refractivity contribution in [1.82, 2.24) is 39.0 Å². The quantitative estimate of drug-likeness (QED) is 0.109. The third kappa shape index (κ3) is 5.39. The number of hydrogen-bond acceptors (Lipinski definition) is 16. The number of H-pyrrole nitrogens is 1. The Morgan fingerprint density at radius 1 is 1.17 bits per heavy atom. The normalized spacial score (nSPS) is 31.9. The average molecular weight is 690 g/mol. The molecule has 3 unspecified atom stereocenters. The van der Waals surface area contributed by atoms with Crippen molar-refractivity contribution in [3.63, 3.8) is 0 Å². The highest BCUT2D eigenvalue weighted by Gasteiger charge is 2.59. The van der Waals surface area contributed by atoms with Crippen LogP contribution in [-0.4, -0.2) is 110 Å². The number of methoxy groups -OCH3 is 1. The second-order valence-electron chi connectivity index (χ2n) is 10.7. The number of fused-ring (bicyclic) bond motifs is 2. The second kappa shape index (κ2) is 12.0. The molecule has 4 aromatic rings. The Hall–Kier alpha value is -3.43. The molecule has 2 aliphatic rings. The fourth-order valence-electron chi connectivity index (χ4n) is 5.70. The van der Waals surface area contributed by atoms with Crippen molar-refractivity contribution in [2.24, 2.45) is 0 Å². The van der Waals surface area contributed by atoms with Gasteiger partial charge in [-0.2, -0.15) is 4.98 Å². The van der Waals surface area contributed by atoms with E-state index in [1.807, 2.05) is 0 Å². The van der Waals surface area contributed by atoms with Crippen LogP contribution in [0.3, 0.4) is 0 Å². The Morgan fingerprint density at radius 2 is 1.87 bits per heavy atom. The number of nitrogens with one attached hydrogen (secondary N) is 1. The van der Waals surface area contributed by atoms with Gasteiger partial charge in [-0.1, -0.05) is 0 Å². The Bertz CT molecular complexity index is 1910. The Morgan fingerprint density at radius 3 is 2.54 bits per heavy atom. The standard InChI is InChI=1S/C22H29FN10O11P2/c1-22(14(44-45(36)37)12(40-2)19(43-22)32-6-28-10-15(24)26-5-27-16(10)32)4-41-46(38,39)13-9(23)8(3-34)42-20(13)33-7-29-11-17(33)30-21(25)31-18(11)35/h5-9,12-14,19-20,34,45H,3-4H2,1-2H3,(H,36,37)(H,38,39)(H2,24,26,27)(H3,25,30,31,35)/t8-,9+,12-,13-,14+,19-,20-,22?/m1/s1. The van der Waals surface area contributed by atoms with E-state index in [0.717, 1.165) is 10.9 Å². The van der Waals surface area contributed by atoms with Crippen LogP contribution >= 0.6 is 15.9 Å². The molecular formula is C22H29FN10O11P2. The first-order valence-electron chi connectivity index (χ1n) is 13.4. The van der Waals surface area contributed by atoms with Crippen molar-refractivity contribution < 1.29 is 51.7 Å². The lowest BCUT2D eigenvalue weighted by molar-refractivity contribution is -0.110. The van der Waals surface area contributed by atoms with Gasteiger partial charge < -0.3 is 49.6 Å². The minimum atomic E-state index is -5.12. The topological polar surface area (TPSA) is 300 Å². The third-order valence-electron chi connectivity index (χ3n) is 7.84. The molecule has 250 valence electrons. The predicted octanol–water partition coefficient (Wildman–Crippen LogP) is -1.01. The van der Waals surface area contributed by atoms with Crippen LogP contribution < -0.4 is 17.0 Å². The lowest BCUT2D eigenvalue weighted by atomic mass is 9.98. The summed E-state index contributed by atoms with van der Waals surface area (Å²) >= 11 is 0. The number of halogens is 1. The van der Waals surface area contributed by atoms with E-state index in [4.69, 9.17) is 34.7 Å². The van der Waals surface area contributed by atoms with Gasteiger partial charge in [0, 0.05) is 7.11 Å². The summed E-state index contributed by atoms with van der Waals surface area (Å²) in [7, 11) is -7.50. The molecule has 2 fully saturated rings. The Kier molecular flexibility index (Phi) is 8.47. The fourth-order valence-corrected chi connectivity index (χ4v) is 8.00. The molecule has 0 bridgehead atoms. The average Bonchev–Trinajstić information content (AvgIpc) is 3.75. The first kappa shape index (κ1) is 32.5. The van der Waals surface area contributed by atoms with Crippen LogP contribution in [0.2, 0.25) is 0 Å². The number of nitrogens with two attached hydrogens (primary N) is 2. The van der Waals surface area contributed by atoms with Crippen molar-refractivity contribution in [2.45, 2.75) is 55.1 Å². The van der Waals surface area contributed by atoms with Crippen LogP contribution in [0.5, 0.6) is 0 Å². The van der Waals surface area contributed by atoms with Crippen LogP contribution in [0.25, 0.3) is 22.3 Å². The number of alkyl halides is 1. The number of aromatic amines is 1. The van der Waals surface area contributed by atoms with E-state index in [1.54, 1.807) is 0 Å². The maximum atomic E-state index is 15.7. The van der Waals surface area contributed by atoms with E-state index in [1.165, 1.54) is 31.3 Å². The summed E-state index contributed by atoms with van der Waals surface area (Å²) < 4.78 is 72.1. The van der Waals surface area contributed by atoms with Crippen molar-refractivity contribution in [1.29, 1.82) is 0 Å². The Labute approximate surface area is 257 Å². The van der Waals surface area contributed by atoms with Crippen LogP contribution in [0.4, 0.5) is 16.2 Å². The zero-order chi connectivity index (χ0) is 33.1. The van der Waals surface area contributed by atoms with Crippen LogP contribution in [0.15, 0.2) is 23.8 Å². The summed E-state index contributed by atoms with van der Waals surface area (Å²) in [4.78, 5) is 55.7. The molecular weight excluding hydrogens is 661 g/mol. The molecule has 10 atom stereocenters. The maximum Gasteiger partial charge on any atom is 0.338 e. The number of imidazole rings is 2. The van der Waals surface area contributed by atoms with E-state index in [0.29, 0.717) is 0 Å². The van der Waals surface area contributed by atoms with Gasteiger partial charge in [-0.3, -0.25) is 28.0 Å². The summed E-state index contributed by atoms with van der Waals surface area (Å²) in [5, 5.41) is 9.75. The lowest BCUT2D eigenvalue weighted by Gasteiger charge is -2.32. The highest BCUT2D eigenvalue weighted by molar-refractivity contribution is 7.53. The van der Waals surface area contributed by atoms with E-state index >= 15 is 4.39 Å². The molecule has 46 heavy (non-hydrogen) atoms. The molecule has 8 N–H and O–H groups in total. The molecule has 0 aliphatic carbocycles. The highest BCUT2D eigenvalue weighted by atomic mass is 31.2. The molecule has 0 amide bonds. The minimum absolute atomic E-state index is 0.0692. The van der Waals surface area contributed by atoms with Crippen molar-refractivity contribution >= 4 is 49.9 Å². The van der Waals surface area contributed by atoms with Gasteiger partial charge in [0.2, 0.25) is 5.95 Å². The number of nitrogen functional groups attached to an aromatic ring is 2. The van der Waals surface area contributed by atoms with E-state index in [2.05, 4.69) is 29.9 Å². The molecule has 2 saturated heterocycles. The summed E-state index contributed by atoms with van der Waals surface area (Å²) in [6.45, 7) is -0.316. The van der Waals surface area contributed by atoms with Crippen molar-refractivity contribution in [2.75, 3.05) is 31.8 Å². The molecule has 2 aliphatic heterocycles. The molecule has 4 aromatic heterocycles. The van der Waals surface area contributed by atoms with Gasteiger partial charge in [0.1, 0.15) is 47.6 Å². The summed E-state index contributed by atoms with van der Waals surface area (Å²) in [5.41, 5.74) is 7.10. The van der Waals surface area contributed by atoms with Gasteiger partial charge in [-0.05, 0) is 6.92 Å². The van der Waals surface area contributed by atoms with Gasteiger partial charge in [0.05, 0.1) is 25.9 Å². The summed E-state index contributed by atoms with van der Waals surface area (Å²) in [6, 6.07) is 0. The van der Waals surface area contributed by atoms with Gasteiger partial charge in [0.15, 0.2) is 35.1 Å². The number of aliphatic hydroxyl groups is 1. The molecule has 0 saturated carbocycles. The molecule has 0 spiro atoms. The first-order chi connectivity index (χ1) is 21.8. The van der Waals surface area contributed by atoms with Gasteiger partial charge in [-0.15, -0.1) is 0 Å². The Balaban J connectivity index is 1.33. The second-order valence-corrected chi connectivity index (χ2v) is 13.5. The van der Waals surface area contributed by atoms with E-state index in [-0.39, 0.29) is 34.1 Å². The highest BCUT2D eigenvalue weighted by Crippen LogP contribution is 2.59. The van der Waals surface area contributed by atoms with Crippen LogP contribution in [0.1, 0.15) is 19.4 Å². The molecule has 6 heterocycles. The minimum Gasteiger partial charge on any atom is -0.394 e. The number of anilines is 2. The van der Waals surface area contributed by atoms with Gasteiger partial charge >= 0.3 is 15.9 Å². The van der Waals surface area contributed by atoms with Gasteiger partial charge in [0.25, 0.3) is 5.56 Å². The summed E-state index contributed by atoms with van der Waals surface area (Å²) in [6.07, 6.45) is -5.61. The molecule has 24 heteroatoms. The van der Waals surface area contributed by atoms with Crippen LogP contribution in [-0.2, 0) is 32.4 Å². The van der Waals surface area contributed by atoms with E-state index < -0.39 is 82.8 Å². The van der Waals surface area contributed by atoms with Gasteiger partial charge in [-0.25, -0.2) is 24.3 Å². The zero-order valence-corrected chi connectivity index (χ0v) is 25.8. The maximum absolute atomic E-state index is 15.7. The van der Waals surface area contributed by atoms with Crippen molar-refractivity contribution in [3.8, 4) is 0 Å². The molecule has 6 rings (SSSR count). The lowest BCUT2D eigenvalue weighted by Crippen LogP contribution is -2.46. The number of aliphatic hydroxyl groups excluding tert-OH is 1. The molecule has 21 nitrogen and oxygen atoms in total. The number of hydrogen-bond donors (Lipinski definition) is 6. The number of rotatable bonds is 10.